The number of rotatable bonds is 5. The Kier molecular flexibility index (Phi) is 5.91. The van der Waals surface area contributed by atoms with Gasteiger partial charge < -0.3 is 10.2 Å². The minimum atomic E-state index is -0.218. The second-order valence-electron chi connectivity index (χ2n) is 4.97. The zero-order valence-corrected chi connectivity index (χ0v) is 13.1. The number of carbonyl (C=O) groups is 2. The monoisotopic (exact) mass is 286 g/mol. The van der Waals surface area contributed by atoms with Crippen molar-refractivity contribution in [2.45, 2.75) is 20.3 Å². The molecule has 0 bridgehead atoms. The van der Waals surface area contributed by atoms with Crippen LogP contribution < -0.4 is 5.32 Å². The van der Waals surface area contributed by atoms with Crippen molar-refractivity contribution in [2.24, 2.45) is 0 Å². The molecule has 1 aromatic carbocycles. The molecule has 0 unspecified atom stereocenters. The van der Waals surface area contributed by atoms with Gasteiger partial charge in [-0.3, -0.25) is 9.59 Å². The maximum Gasteiger partial charge on any atom is 0.248 e. The second kappa shape index (κ2) is 7.43. The van der Waals surface area contributed by atoms with E-state index in [0.717, 1.165) is 23.1 Å². The fraction of sp³-hybridized carbons (Fsp3) is 0.294. The predicted octanol–water partition coefficient (Wildman–Crippen LogP) is 2.67. The van der Waals surface area contributed by atoms with Gasteiger partial charge in [0.15, 0.2) is 0 Å². The van der Waals surface area contributed by atoms with E-state index in [1.54, 1.807) is 14.1 Å². The summed E-state index contributed by atoms with van der Waals surface area (Å²) in [5, 5.41) is 2.73. The maximum atomic E-state index is 11.9. The highest BCUT2D eigenvalue weighted by Gasteiger charge is 2.12. The molecule has 1 rings (SSSR count). The van der Waals surface area contributed by atoms with Crippen molar-refractivity contribution in [1.82, 2.24) is 10.2 Å². The molecule has 0 aliphatic carbocycles. The Labute approximate surface area is 126 Å². The van der Waals surface area contributed by atoms with E-state index < -0.39 is 0 Å². The minimum absolute atomic E-state index is 0.185. The number of likely N-dealkylation sites (N-methyl/N-ethyl adjacent to an activating group) is 1. The van der Waals surface area contributed by atoms with Crippen LogP contribution in [0.3, 0.4) is 0 Å². The fourth-order valence-electron chi connectivity index (χ4n) is 1.84. The SMILES string of the molecule is C=C(CC)c1ccccc1/C(=C/C(=O)N(C)C)NC(C)=O. The quantitative estimate of drug-likeness (QED) is 0.846. The summed E-state index contributed by atoms with van der Waals surface area (Å²) in [6.45, 7) is 7.49. The second-order valence-corrected chi connectivity index (χ2v) is 4.97. The molecule has 0 saturated heterocycles. The van der Waals surface area contributed by atoms with Gasteiger partial charge in [0.05, 0.1) is 5.70 Å². The zero-order valence-electron chi connectivity index (χ0n) is 13.1. The van der Waals surface area contributed by atoms with Crippen molar-refractivity contribution < 1.29 is 9.59 Å². The lowest BCUT2D eigenvalue weighted by Gasteiger charge is -2.16. The number of hydrogen-bond acceptors (Lipinski definition) is 2. The van der Waals surface area contributed by atoms with Crippen LogP contribution in [0.2, 0.25) is 0 Å². The molecule has 4 nitrogen and oxygen atoms in total. The van der Waals surface area contributed by atoms with E-state index in [1.807, 2.05) is 31.2 Å². The molecule has 0 heterocycles. The molecule has 0 aliphatic rings. The normalized spacial score (nSPS) is 11.0. The van der Waals surface area contributed by atoms with Gasteiger partial charge in [0.2, 0.25) is 11.8 Å². The van der Waals surface area contributed by atoms with Crippen LogP contribution in [0.15, 0.2) is 36.9 Å². The number of amides is 2. The highest BCUT2D eigenvalue weighted by molar-refractivity contribution is 5.99. The first-order valence-corrected chi connectivity index (χ1v) is 6.85. The molecule has 1 aromatic rings. The van der Waals surface area contributed by atoms with Crippen LogP contribution in [0.4, 0.5) is 0 Å². The molecule has 0 fully saturated rings. The molecule has 0 aliphatic heterocycles. The van der Waals surface area contributed by atoms with Crippen molar-refractivity contribution in [3.05, 3.63) is 48.0 Å². The Morgan fingerprint density at radius 2 is 1.81 bits per heavy atom. The Morgan fingerprint density at radius 1 is 1.24 bits per heavy atom. The predicted molar refractivity (Wildman–Crippen MR) is 86.3 cm³/mol. The molecular formula is C17H22N2O2. The van der Waals surface area contributed by atoms with Crippen LogP contribution in [0.1, 0.15) is 31.4 Å². The van der Waals surface area contributed by atoms with Crippen LogP contribution >= 0.6 is 0 Å². The third kappa shape index (κ3) is 4.60. The van der Waals surface area contributed by atoms with Gasteiger partial charge >= 0.3 is 0 Å². The van der Waals surface area contributed by atoms with Gasteiger partial charge in [0, 0.05) is 32.7 Å². The van der Waals surface area contributed by atoms with Gasteiger partial charge in [-0.1, -0.05) is 37.8 Å². The van der Waals surface area contributed by atoms with E-state index >= 15 is 0 Å². The summed E-state index contributed by atoms with van der Waals surface area (Å²) >= 11 is 0. The number of carbonyl (C=O) groups excluding carboxylic acids is 2. The van der Waals surface area contributed by atoms with Crippen LogP contribution in [0.5, 0.6) is 0 Å². The molecule has 0 aromatic heterocycles. The van der Waals surface area contributed by atoms with E-state index in [4.69, 9.17) is 0 Å². The third-order valence-corrected chi connectivity index (χ3v) is 3.04. The first-order chi connectivity index (χ1) is 9.86. The average molecular weight is 286 g/mol. The van der Waals surface area contributed by atoms with Gasteiger partial charge in [0.1, 0.15) is 0 Å². The Morgan fingerprint density at radius 3 is 2.29 bits per heavy atom. The van der Waals surface area contributed by atoms with Gasteiger partial charge in [-0.25, -0.2) is 0 Å². The standard InChI is InChI=1S/C17H22N2O2/c1-6-12(2)14-9-7-8-10-15(14)16(18-13(3)20)11-17(21)19(4)5/h7-11H,2,6H2,1,3-5H3,(H,18,20)/b16-11-. The maximum absolute atomic E-state index is 11.9. The lowest BCUT2D eigenvalue weighted by molar-refractivity contribution is -0.123. The molecule has 0 saturated carbocycles. The number of nitrogens with one attached hydrogen (secondary N) is 1. The summed E-state index contributed by atoms with van der Waals surface area (Å²) < 4.78 is 0. The Balaban J connectivity index is 3.37. The minimum Gasteiger partial charge on any atom is -0.345 e. The molecule has 2 amide bonds. The summed E-state index contributed by atoms with van der Waals surface area (Å²) in [6, 6.07) is 7.61. The summed E-state index contributed by atoms with van der Waals surface area (Å²) in [5.41, 5.74) is 3.19. The van der Waals surface area contributed by atoms with Crippen molar-refractivity contribution in [1.29, 1.82) is 0 Å². The van der Waals surface area contributed by atoms with Crippen molar-refractivity contribution >= 4 is 23.1 Å². The van der Waals surface area contributed by atoms with E-state index in [-0.39, 0.29) is 11.8 Å². The van der Waals surface area contributed by atoms with E-state index in [0.29, 0.717) is 5.70 Å². The lowest BCUT2D eigenvalue weighted by Crippen LogP contribution is -2.24. The smallest absolute Gasteiger partial charge is 0.248 e. The summed E-state index contributed by atoms with van der Waals surface area (Å²) in [7, 11) is 3.34. The summed E-state index contributed by atoms with van der Waals surface area (Å²) in [5.74, 6) is -0.402. The van der Waals surface area contributed by atoms with E-state index in [2.05, 4.69) is 11.9 Å². The molecule has 0 atom stereocenters. The first-order valence-electron chi connectivity index (χ1n) is 6.85. The lowest BCUT2D eigenvalue weighted by atomic mass is 9.96. The van der Waals surface area contributed by atoms with Gasteiger partial charge in [-0.15, -0.1) is 0 Å². The molecule has 0 spiro atoms. The molecule has 21 heavy (non-hydrogen) atoms. The molecule has 4 heteroatoms. The third-order valence-electron chi connectivity index (χ3n) is 3.04. The van der Waals surface area contributed by atoms with Crippen molar-refractivity contribution in [2.75, 3.05) is 14.1 Å². The molecule has 0 radical (unpaired) electrons. The van der Waals surface area contributed by atoms with Crippen molar-refractivity contribution in [3.63, 3.8) is 0 Å². The largest absolute Gasteiger partial charge is 0.345 e. The van der Waals surface area contributed by atoms with E-state index in [1.165, 1.54) is 17.9 Å². The zero-order chi connectivity index (χ0) is 16.0. The van der Waals surface area contributed by atoms with E-state index in [9.17, 15) is 9.59 Å². The van der Waals surface area contributed by atoms with Gasteiger partial charge in [0.25, 0.3) is 0 Å². The average Bonchev–Trinajstić information content (AvgIpc) is 2.45. The van der Waals surface area contributed by atoms with Crippen molar-refractivity contribution in [3.8, 4) is 0 Å². The topological polar surface area (TPSA) is 49.4 Å². The molecule has 112 valence electrons. The summed E-state index contributed by atoms with van der Waals surface area (Å²) in [4.78, 5) is 24.8. The van der Waals surface area contributed by atoms with Gasteiger partial charge in [-0.2, -0.15) is 0 Å². The molecular weight excluding hydrogens is 264 g/mol. The highest BCUT2D eigenvalue weighted by Crippen LogP contribution is 2.25. The Hall–Kier alpha value is -2.36. The first kappa shape index (κ1) is 16.7. The number of hydrogen-bond donors (Lipinski definition) is 1. The number of benzene rings is 1. The fourth-order valence-corrected chi connectivity index (χ4v) is 1.84. The number of nitrogens with zero attached hydrogens (tertiary/aromatic N) is 1. The Bertz CT molecular complexity index is 586. The van der Waals surface area contributed by atoms with Crippen LogP contribution in [0.25, 0.3) is 11.3 Å². The summed E-state index contributed by atoms with van der Waals surface area (Å²) in [6.07, 6.45) is 2.23. The van der Waals surface area contributed by atoms with Gasteiger partial charge in [-0.05, 0) is 17.6 Å². The van der Waals surface area contributed by atoms with Crippen LogP contribution in [0, 0.1) is 0 Å². The van der Waals surface area contributed by atoms with Crippen LogP contribution in [-0.4, -0.2) is 30.8 Å². The highest BCUT2D eigenvalue weighted by atomic mass is 16.2. The molecule has 1 N–H and O–H groups in total. The number of allylic oxidation sites excluding steroid dienone is 1. The van der Waals surface area contributed by atoms with Crippen LogP contribution in [-0.2, 0) is 9.59 Å².